The fraction of sp³-hybridized carbons (Fsp3) is 0.791. The van der Waals surface area contributed by atoms with E-state index < -0.39 is 18.1 Å². The maximum absolute atomic E-state index is 12.7. The minimum Gasteiger partial charge on any atom is -0.477 e. The Balaban J connectivity index is 4.37. The Bertz CT molecular complexity index is 937. The second-order valence-electron chi connectivity index (χ2n) is 14.9. The Hall–Kier alpha value is -2.45. The molecule has 0 amide bonds. The van der Waals surface area contributed by atoms with E-state index in [1.54, 1.807) is 0 Å². The number of hydrogen-bond acceptors (Lipinski definition) is 6. The lowest BCUT2D eigenvalue weighted by Crippen LogP contribution is -2.50. The molecule has 296 valence electrons. The first-order chi connectivity index (χ1) is 24.6. The molecule has 0 fully saturated rings. The second-order valence-corrected chi connectivity index (χ2v) is 14.9. The highest BCUT2D eigenvalue weighted by Gasteiger charge is 2.31. The third-order valence-corrected chi connectivity index (χ3v) is 9.05. The van der Waals surface area contributed by atoms with Gasteiger partial charge in [0.15, 0.2) is 12.1 Å². The smallest absolute Gasteiger partial charge is 0.362 e. The minimum atomic E-state index is -0.877. The largest absolute Gasteiger partial charge is 0.477 e. The zero-order chi connectivity index (χ0) is 37.8. The van der Waals surface area contributed by atoms with Gasteiger partial charge in [0.05, 0.1) is 34.4 Å². The van der Waals surface area contributed by atoms with Crippen LogP contribution < -0.4 is 0 Å². The first-order valence-electron chi connectivity index (χ1n) is 20.5. The first-order valence-corrected chi connectivity index (χ1v) is 20.5. The highest BCUT2D eigenvalue weighted by atomic mass is 16.6. The van der Waals surface area contributed by atoms with Crippen molar-refractivity contribution < 1.29 is 38.2 Å². The van der Waals surface area contributed by atoms with Gasteiger partial charge in [0, 0.05) is 19.3 Å². The van der Waals surface area contributed by atoms with Crippen LogP contribution in [0.3, 0.4) is 0 Å². The van der Waals surface area contributed by atoms with E-state index in [1.165, 1.54) is 70.6 Å². The lowest BCUT2D eigenvalue weighted by atomic mass is 10.1. The number of allylic oxidation sites excluding steroid dienone is 6. The Morgan fingerprint density at radius 3 is 1.63 bits per heavy atom. The topological polar surface area (TPSA) is 99.1 Å². The van der Waals surface area contributed by atoms with Crippen LogP contribution in [-0.2, 0) is 28.6 Å². The van der Waals surface area contributed by atoms with Crippen LogP contribution in [0.15, 0.2) is 36.5 Å². The Labute approximate surface area is 313 Å². The highest BCUT2D eigenvalue weighted by Crippen LogP contribution is 2.14. The fourth-order valence-corrected chi connectivity index (χ4v) is 5.87. The number of carboxylic acids is 1. The lowest BCUT2D eigenvalue weighted by molar-refractivity contribution is -0.887. The molecule has 0 spiro atoms. The van der Waals surface area contributed by atoms with Crippen molar-refractivity contribution in [2.24, 2.45) is 0 Å². The number of carbonyl (C=O) groups is 3. The zero-order valence-electron chi connectivity index (χ0n) is 33.6. The molecule has 0 bridgehead atoms. The molecule has 0 radical (unpaired) electrons. The predicted molar refractivity (Wildman–Crippen MR) is 211 cm³/mol. The van der Waals surface area contributed by atoms with Gasteiger partial charge in [0.2, 0.25) is 0 Å². The zero-order valence-corrected chi connectivity index (χ0v) is 33.6. The van der Waals surface area contributed by atoms with Gasteiger partial charge in [0.1, 0.15) is 6.61 Å². The van der Waals surface area contributed by atoms with Crippen molar-refractivity contribution in [2.45, 2.75) is 180 Å². The fourth-order valence-electron chi connectivity index (χ4n) is 5.87. The van der Waals surface area contributed by atoms with Crippen LogP contribution in [0, 0.1) is 0 Å². The summed E-state index contributed by atoms with van der Waals surface area (Å²) in [5, 5.41) is 9.59. The number of unbranched alkanes of at least 4 members (excludes halogenated alkanes) is 16. The highest BCUT2D eigenvalue weighted by molar-refractivity contribution is 5.72. The van der Waals surface area contributed by atoms with Crippen molar-refractivity contribution >= 4 is 17.9 Å². The van der Waals surface area contributed by atoms with Crippen molar-refractivity contribution in [2.75, 3.05) is 41.0 Å². The molecule has 2 unspecified atom stereocenters. The Morgan fingerprint density at radius 1 is 0.608 bits per heavy atom. The summed E-state index contributed by atoms with van der Waals surface area (Å²) in [6.07, 6.45) is 37.5. The quantitative estimate of drug-likeness (QED) is 0.0298. The summed E-state index contributed by atoms with van der Waals surface area (Å²) in [4.78, 5) is 36.8. The van der Waals surface area contributed by atoms with Gasteiger partial charge in [0.25, 0.3) is 0 Å². The predicted octanol–water partition coefficient (Wildman–Crippen LogP) is 10.7. The molecule has 0 aliphatic rings. The van der Waals surface area contributed by atoms with Gasteiger partial charge in [-0.3, -0.25) is 9.59 Å². The number of carboxylic acid groups (broad SMARTS) is 1. The van der Waals surface area contributed by atoms with E-state index >= 15 is 0 Å². The number of rotatable bonds is 36. The number of quaternary nitrogens is 1. The SMILES string of the molecule is CC/C=C\C/C=C\C/C=C\CCCCCCCCCC(=O)OC(COCCC(C(=O)O)[N+](C)(C)C)COC(=O)CCCCCCCCCCCC. The average Bonchev–Trinajstić information content (AvgIpc) is 3.08. The molecule has 0 rings (SSSR count). The summed E-state index contributed by atoms with van der Waals surface area (Å²) >= 11 is 0. The van der Waals surface area contributed by atoms with Crippen LogP contribution in [0.25, 0.3) is 0 Å². The summed E-state index contributed by atoms with van der Waals surface area (Å²) in [5.41, 5.74) is 0. The minimum absolute atomic E-state index is 0.0530. The molecule has 0 aliphatic carbocycles. The van der Waals surface area contributed by atoms with E-state index in [0.717, 1.165) is 64.2 Å². The monoisotopic (exact) mass is 721 g/mol. The van der Waals surface area contributed by atoms with Gasteiger partial charge in [-0.05, 0) is 44.9 Å². The molecule has 0 aromatic rings. The Morgan fingerprint density at radius 2 is 1.10 bits per heavy atom. The number of likely N-dealkylation sites (N-methyl/N-ethyl adjacent to an activating group) is 1. The average molecular weight is 721 g/mol. The molecule has 0 saturated carbocycles. The third-order valence-electron chi connectivity index (χ3n) is 9.05. The molecule has 2 atom stereocenters. The van der Waals surface area contributed by atoms with Gasteiger partial charge in [-0.15, -0.1) is 0 Å². The molecular formula is C43H78NO7+. The summed E-state index contributed by atoms with van der Waals surface area (Å²) in [6.45, 7) is 4.60. The van der Waals surface area contributed by atoms with E-state index in [1.807, 2.05) is 21.1 Å². The first kappa shape index (κ1) is 48.5. The molecular weight excluding hydrogens is 642 g/mol. The van der Waals surface area contributed by atoms with E-state index in [0.29, 0.717) is 19.3 Å². The third kappa shape index (κ3) is 33.2. The summed E-state index contributed by atoms with van der Waals surface area (Å²) < 4.78 is 17.2. The number of hydrogen-bond donors (Lipinski definition) is 1. The van der Waals surface area contributed by atoms with Crippen molar-refractivity contribution in [3.63, 3.8) is 0 Å². The van der Waals surface area contributed by atoms with Crippen molar-refractivity contribution in [1.29, 1.82) is 0 Å². The van der Waals surface area contributed by atoms with E-state index in [4.69, 9.17) is 14.2 Å². The summed E-state index contributed by atoms with van der Waals surface area (Å²) in [7, 11) is 5.52. The van der Waals surface area contributed by atoms with Crippen LogP contribution >= 0.6 is 0 Å². The number of ether oxygens (including phenoxy) is 3. The molecule has 0 aromatic heterocycles. The van der Waals surface area contributed by atoms with Gasteiger partial charge >= 0.3 is 17.9 Å². The van der Waals surface area contributed by atoms with E-state index in [9.17, 15) is 19.5 Å². The molecule has 51 heavy (non-hydrogen) atoms. The Kier molecular flexibility index (Phi) is 33.0. The standard InChI is InChI=1S/C43H77NO7/c1-6-8-10-12-14-16-18-19-20-21-22-23-24-26-28-30-32-34-42(46)51-39(37-49-36-35-40(43(47)48)44(3,4)5)38-50-41(45)33-31-29-27-25-17-15-13-11-9-7-2/h8,10,14,16,19-20,39-40H,6-7,9,11-13,15,17-18,21-38H2,1-5H3/p+1/b10-8-,16-14-,20-19-. The molecule has 0 aromatic carbocycles. The molecule has 1 N–H and O–H groups in total. The van der Waals surface area contributed by atoms with Crippen LogP contribution in [-0.4, -0.2) is 80.6 Å². The van der Waals surface area contributed by atoms with Gasteiger partial charge < -0.3 is 23.8 Å². The van der Waals surface area contributed by atoms with Crippen molar-refractivity contribution in [3.05, 3.63) is 36.5 Å². The molecule has 0 heterocycles. The molecule has 8 nitrogen and oxygen atoms in total. The number of carbonyl (C=O) groups excluding carboxylic acids is 2. The molecule has 0 saturated heterocycles. The number of aliphatic carboxylic acids is 1. The maximum Gasteiger partial charge on any atom is 0.362 e. The van der Waals surface area contributed by atoms with E-state index in [2.05, 4.69) is 50.3 Å². The number of nitrogens with zero attached hydrogens (tertiary/aromatic N) is 1. The summed E-state index contributed by atoms with van der Waals surface area (Å²) in [5.74, 6) is -1.48. The van der Waals surface area contributed by atoms with E-state index in [-0.39, 0.29) is 36.2 Å². The van der Waals surface area contributed by atoms with Gasteiger partial charge in [-0.25, -0.2) is 4.79 Å². The van der Waals surface area contributed by atoms with Crippen molar-refractivity contribution in [3.8, 4) is 0 Å². The van der Waals surface area contributed by atoms with Crippen LogP contribution in [0.5, 0.6) is 0 Å². The molecule has 8 heteroatoms. The maximum atomic E-state index is 12.7. The van der Waals surface area contributed by atoms with Crippen LogP contribution in [0.1, 0.15) is 168 Å². The van der Waals surface area contributed by atoms with Crippen LogP contribution in [0.2, 0.25) is 0 Å². The lowest BCUT2D eigenvalue weighted by Gasteiger charge is -2.31. The van der Waals surface area contributed by atoms with Crippen molar-refractivity contribution in [1.82, 2.24) is 0 Å². The van der Waals surface area contributed by atoms with Crippen LogP contribution in [0.4, 0.5) is 0 Å². The van der Waals surface area contributed by atoms with Gasteiger partial charge in [-0.2, -0.15) is 0 Å². The normalized spacial score (nSPS) is 13.4. The molecule has 0 aliphatic heterocycles. The number of esters is 2. The summed E-state index contributed by atoms with van der Waals surface area (Å²) in [6, 6.07) is -0.614. The van der Waals surface area contributed by atoms with Gasteiger partial charge in [-0.1, -0.05) is 140 Å². The second kappa shape index (κ2) is 34.6.